The number of carbonyl (C=O) groups is 1. The standard InChI is InChI=1S/C7H12N4O2/c1-4(5(2)7(12)13)6-8-10-11(3)9-6/h4-5H,1-3H3,(H,12,13). The van der Waals surface area contributed by atoms with Gasteiger partial charge < -0.3 is 5.11 Å². The number of carboxylic acid groups (broad SMARTS) is 1. The van der Waals surface area contributed by atoms with Gasteiger partial charge >= 0.3 is 5.97 Å². The summed E-state index contributed by atoms with van der Waals surface area (Å²) in [7, 11) is 1.65. The van der Waals surface area contributed by atoms with Crippen LogP contribution in [0.25, 0.3) is 0 Å². The second-order valence-corrected chi connectivity index (χ2v) is 3.05. The van der Waals surface area contributed by atoms with Gasteiger partial charge in [0.05, 0.1) is 13.0 Å². The predicted octanol–water partition coefficient (Wildman–Crippen LogP) is 0.0343. The largest absolute Gasteiger partial charge is 0.481 e. The zero-order valence-corrected chi connectivity index (χ0v) is 7.80. The Hall–Kier alpha value is -1.46. The van der Waals surface area contributed by atoms with Crippen molar-refractivity contribution in [2.45, 2.75) is 19.8 Å². The fourth-order valence-electron chi connectivity index (χ4n) is 0.918. The summed E-state index contributed by atoms with van der Waals surface area (Å²) in [4.78, 5) is 12.0. The van der Waals surface area contributed by atoms with Crippen molar-refractivity contribution in [1.29, 1.82) is 0 Å². The summed E-state index contributed by atoms with van der Waals surface area (Å²) in [5, 5.41) is 20.1. The van der Waals surface area contributed by atoms with Crippen LogP contribution in [0.5, 0.6) is 0 Å². The monoisotopic (exact) mass is 184 g/mol. The van der Waals surface area contributed by atoms with E-state index in [9.17, 15) is 4.79 Å². The van der Waals surface area contributed by atoms with Crippen molar-refractivity contribution in [2.75, 3.05) is 0 Å². The first-order valence-corrected chi connectivity index (χ1v) is 3.99. The van der Waals surface area contributed by atoms with Crippen molar-refractivity contribution in [1.82, 2.24) is 20.2 Å². The number of rotatable bonds is 3. The van der Waals surface area contributed by atoms with Crippen LogP contribution >= 0.6 is 0 Å². The molecule has 13 heavy (non-hydrogen) atoms. The van der Waals surface area contributed by atoms with Crippen LogP contribution < -0.4 is 0 Å². The van der Waals surface area contributed by atoms with Gasteiger partial charge in [-0.05, 0) is 5.21 Å². The zero-order chi connectivity index (χ0) is 10.0. The van der Waals surface area contributed by atoms with E-state index in [1.54, 1.807) is 20.9 Å². The third-order valence-electron chi connectivity index (χ3n) is 2.07. The lowest BCUT2D eigenvalue weighted by Gasteiger charge is -2.10. The van der Waals surface area contributed by atoms with Crippen LogP contribution in [0.15, 0.2) is 0 Å². The average Bonchev–Trinajstić information content (AvgIpc) is 2.49. The highest BCUT2D eigenvalue weighted by molar-refractivity contribution is 5.70. The Kier molecular flexibility index (Phi) is 2.60. The summed E-state index contributed by atoms with van der Waals surface area (Å²) in [6.07, 6.45) is 0. The van der Waals surface area contributed by atoms with Gasteiger partial charge in [0.15, 0.2) is 5.82 Å². The highest BCUT2D eigenvalue weighted by Gasteiger charge is 2.24. The number of hydrogen-bond acceptors (Lipinski definition) is 4. The van der Waals surface area contributed by atoms with E-state index in [-0.39, 0.29) is 5.92 Å². The molecular formula is C7H12N4O2. The minimum Gasteiger partial charge on any atom is -0.481 e. The van der Waals surface area contributed by atoms with Gasteiger partial charge in [-0.2, -0.15) is 4.80 Å². The molecule has 0 aliphatic rings. The number of carboxylic acids is 1. The third-order valence-corrected chi connectivity index (χ3v) is 2.07. The summed E-state index contributed by atoms with van der Waals surface area (Å²) < 4.78 is 0. The van der Waals surface area contributed by atoms with Crippen molar-refractivity contribution < 1.29 is 9.90 Å². The van der Waals surface area contributed by atoms with Gasteiger partial charge in [-0.1, -0.05) is 13.8 Å². The number of aliphatic carboxylic acids is 1. The highest BCUT2D eigenvalue weighted by Crippen LogP contribution is 2.19. The molecule has 1 heterocycles. The minimum absolute atomic E-state index is 0.216. The highest BCUT2D eigenvalue weighted by atomic mass is 16.4. The molecule has 0 aliphatic heterocycles. The third kappa shape index (κ3) is 2.01. The van der Waals surface area contributed by atoms with Crippen molar-refractivity contribution in [3.63, 3.8) is 0 Å². The molecule has 1 aromatic heterocycles. The van der Waals surface area contributed by atoms with Gasteiger partial charge in [0.2, 0.25) is 0 Å². The maximum Gasteiger partial charge on any atom is 0.306 e. The maximum atomic E-state index is 10.6. The average molecular weight is 184 g/mol. The molecule has 0 saturated carbocycles. The number of hydrogen-bond donors (Lipinski definition) is 1. The van der Waals surface area contributed by atoms with E-state index < -0.39 is 11.9 Å². The molecule has 0 aliphatic carbocycles. The molecule has 72 valence electrons. The summed E-state index contributed by atoms with van der Waals surface area (Å²) in [5.74, 6) is -1.09. The summed E-state index contributed by atoms with van der Waals surface area (Å²) in [6.45, 7) is 3.40. The second-order valence-electron chi connectivity index (χ2n) is 3.05. The van der Waals surface area contributed by atoms with Crippen LogP contribution in [0.3, 0.4) is 0 Å². The van der Waals surface area contributed by atoms with Gasteiger partial charge in [-0.15, -0.1) is 10.2 Å². The normalized spacial score (nSPS) is 15.3. The fourth-order valence-corrected chi connectivity index (χ4v) is 0.918. The molecule has 0 bridgehead atoms. The van der Waals surface area contributed by atoms with Gasteiger partial charge in [-0.25, -0.2) is 0 Å². The van der Waals surface area contributed by atoms with E-state index in [0.29, 0.717) is 5.82 Å². The first-order chi connectivity index (χ1) is 6.02. The Morgan fingerprint density at radius 2 is 2.15 bits per heavy atom. The van der Waals surface area contributed by atoms with E-state index in [4.69, 9.17) is 5.11 Å². The van der Waals surface area contributed by atoms with Crippen molar-refractivity contribution in [3.05, 3.63) is 5.82 Å². The summed E-state index contributed by atoms with van der Waals surface area (Å²) in [5.41, 5.74) is 0. The molecule has 0 fully saturated rings. The number of aryl methyl sites for hydroxylation is 1. The number of tetrazole rings is 1. The van der Waals surface area contributed by atoms with E-state index in [2.05, 4.69) is 15.4 Å². The van der Waals surface area contributed by atoms with Gasteiger partial charge in [-0.3, -0.25) is 4.79 Å². The molecule has 1 aromatic rings. The summed E-state index contributed by atoms with van der Waals surface area (Å²) in [6, 6.07) is 0. The molecule has 0 spiro atoms. The lowest BCUT2D eigenvalue weighted by molar-refractivity contribution is -0.141. The Balaban J connectivity index is 2.78. The van der Waals surface area contributed by atoms with Crippen LogP contribution in [0.1, 0.15) is 25.6 Å². The quantitative estimate of drug-likeness (QED) is 0.717. The van der Waals surface area contributed by atoms with Gasteiger partial charge in [0.1, 0.15) is 0 Å². The Bertz CT molecular complexity index is 309. The first-order valence-electron chi connectivity index (χ1n) is 3.99. The smallest absolute Gasteiger partial charge is 0.306 e. The molecule has 2 atom stereocenters. The van der Waals surface area contributed by atoms with Crippen LogP contribution in [0.4, 0.5) is 0 Å². The van der Waals surface area contributed by atoms with Crippen LogP contribution in [0.2, 0.25) is 0 Å². The SMILES string of the molecule is CC(C(=O)O)C(C)c1nnn(C)n1. The molecular weight excluding hydrogens is 172 g/mol. The first kappa shape index (κ1) is 9.63. The number of nitrogens with zero attached hydrogens (tertiary/aromatic N) is 4. The second kappa shape index (κ2) is 3.51. The Morgan fingerprint density at radius 3 is 2.54 bits per heavy atom. The minimum atomic E-state index is -0.847. The maximum absolute atomic E-state index is 10.6. The molecule has 6 nitrogen and oxygen atoms in total. The molecule has 1 rings (SSSR count). The molecule has 2 unspecified atom stereocenters. The summed E-state index contributed by atoms with van der Waals surface area (Å²) >= 11 is 0. The lowest BCUT2D eigenvalue weighted by Crippen LogP contribution is -2.17. The molecule has 1 N–H and O–H groups in total. The van der Waals surface area contributed by atoms with Crippen molar-refractivity contribution in [3.8, 4) is 0 Å². The molecule has 6 heteroatoms. The van der Waals surface area contributed by atoms with Crippen LogP contribution in [-0.4, -0.2) is 31.3 Å². The van der Waals surface area contributed by atoms with Crippen molar-refractivity contribution >= 4 is 5.97 Å². The molecule has 0 radical (unpaired) electrons. The van der Waals surface area contributed by atoms with Crippen LogP contribution in [0, 0.1) is 5.92 Å². The van der Waals surface area contributed by atoms with Crippen LogP contribution in [-0.2, 0) is 11.8 Å². The zero-order valence-electron chi connectivity index (χ0n) is 7.80. The van der Waals surface area contributed by atoms with Gasteiger partial charge in [0.25, 0.3) is 0 Å². The molecule has 0 saturated heterocycles. The Morgan fingerprint density at radius 1 is 1.54 bits per heavy atom. The molecule has 0 aromatic carbocycles. The predicted molar refractivity (Wildman–Crippen MR) is 44.0 cm³/mol. The van der Waals surface area contributed by atoms with E-state index in [1.807, 2.05) is 0 Å². The van der Waals surface area contributed by atoms with E-state index in [1.165, 1.54) is 4.80 Å². The van der Waals surface area contributed by atoms with Crippen molar-refractivity contribution in [2.24, 2.45) is 13.0 Å². The molecule has 0 amide bonds. The number of aromatic nitrogens is 4. The Labute approximate surface area is 75.6 Å². The van der Waals surface area contributed by atoms with E-state index in [0.717, 1.165) is 0 Å². The lowest BCUT2D eigenvalue weighted by atomic mass is 9.96. The van der Waals surface area contributed by atoms with E-state index >= 15 is 0 Å². The fraction of sp³-hybridized carbons (Fsp3) is 0.714. The van der Waals surface area contributed by atoms with Gasteiger partial charge in [0, 0.05) is 5.92 Å². The topological polar surface area (TPSA) is 80.9 Å².